The number of hydrogen-bond acceptors (Lipinski definition) is 3. The Hall–Kier alpha value is -2.82. The third-order valence-corrected chi connectivity index (χ3v) is 10.1. The number of piperidine rings is 1. The Kier molecular flexibility index (Phi) is 10.1. The van der Waals surface area contributed by atoms with Crippen molar-refractivity contribution in [1.82, 2.24) is 9.21 Å². The van der Waals surface area contributed by atoms with Crippen LogP contribution < -0.4 is 0 Å². The predicted molar refractivity (Wildman–Crippen MR) is 169 cm³/mol. The van der Waals surface area contributed by atoms with Crippen molar-refractivity contribution >= 4 is 46.3 Å². The molecule has 1 aliphatic heterocycles. The zero-order valence-corrected chi connectivity index (χ0v) is 26.6. The maximum atomic E-state index is 14.6. The van der Waals surface area contributed by atoms with Crippen LogP contribution in [0.3, 0.4) is 0 Å². The van der Waals surface area contributed by atoms with Crippen molar-refractivity contribution in [2.75, 3.05) is 13.1 Å². The van der Waals surface area contributed by atoms with Crippen LogP contribution in [0.4, 0.5) is 4.39 Å². The highest BCUT2D eigenvalue weighted by Crippen LogP contribution is 2.54. The summed E-state index contributed by atoms with van der Waals surface area (Å²) in [4.78, 5) is 28.5. The number of hydrogen-bond donors (Lipinski definition) is 2. The first-order valence-corrected chi connectivity index (χ1v) is 16.4. The number of carbonyl (C=O) groups excluding carboxylic acids is 1. The molecule has 1 saturated carbocycles. The van der Waals surface area contributed by atoms with Gasteiger partial charge in [0.15, 0.2) is 0 Å². The number of benzene rings is 3. The monoisotopic (exact) mass is 660 g/mol. The molecule has 2 fully saturated rings. The first kappa shape index (κ1) is 32.6. The molecule has 0 radical (unpaired) electrons. The summed E-state index contributed by atoms with van der Waals surface area (Å²) in [5.41, 5.74) is 1.15. The van der Waals surface area contributed by atoms with Gasteiger partial charge in [-0.15, -0.1) is 0 Å². The molecule has 5 atom stereocenters. The van der Waals surface area contributed by atoms with Crippen molar-refractivity contribution in [2.45, 2.75) is 57.0 Å². The van der Waals surface area contributed by atoms with Crippen LogP contribution in [0.1, 0.15) is 61.3 Å². The van der Waals surface area contributed by atoms with Gasteiger partial charge in [0, 0.05) is 35.1 Å². The molecule has 3 aromatic carbocycles. The zero-order valence-electron chi connectivity index (χ0n) is 24.2. The smallest absolute Gasteiger partial charge is 0.304 e. The van der Waals surface area contributed by atoms with E-state index in [9.17, 15) is 27.8 Å². The first-order chi connectivity index (χ1) is 20.9. The molecule has 44 heavy (non-hydrogen) atoms. The van der Waals surface area contributed by atoms with Crippen LogP contribution in [-0.4, -0.2) is 54.1 Å². The minimum absolute atomic E-state index is 0.0566. The van der Waals surface area contributed by atoms with Gasteiger partial charge in [-0.05, 0) is 84.7 Å². The average Bonchev–Trinajstić information content (AvgIpc) is 3.80. The Morgan fingerprint density at radius 3 is 2.39 bits per heavy atom. The molecule has 5 rings (SSSR count). The summed E-state index contributed by atoms with van der Waals surface area (Å²) >= 11 is 10.3. The van der Waals surface area contributed by atoms with Crippen molar-refractivity contribution < 1.29 is 27.8 Å². The fourth-order valence-electron chi connectivity index (χ4n) is 6.58. The highest BCUT2D eigenvalue weighted by atomic mass is 35.5. The Labute approximate surface area is 269 Å². The number of halogens is 3. The van der Waals surface area contributed by atoms with Crippen LogP contribution in [0, 0.1) is 17.2 Å². The normalized spacial score (nSPS) is 23.5. The van der Waals surface area contributed by atoms with E-state index in [1.165, 1.54) is 16.4 Å². The van der Waals surface area contributed by atoms with Crippen molar-refractivity contribution in [3.8, 4) is 0 Å². The number of amides is 1. The van der Waals surface area contributed by atoms with Crippen molar-refractivity contribution in [3.05, 3.63) is 105 Å². The molecule has 1 saturated heterocycles. The molecule has 3 aromatic rings. The maximum absolute atomic E-state index is 14.6. The molecule has 1 amide bonds. The quantitative estimate of drug-likeness (QED) is 0.201. The number of carboxylic acids is 1. The van der Waals surface area contributed by atoms with Gasteiger partial charge in [-0.25, -0.2) is 8.60 Å². The van der Waals surface area contributed by atoms with E-state index in [2.05, 4.69) is 0 Å². The number of carbonyl (C=O) groups is 2. The van der Waals surface area contributed by atoms with E-state index in [0.717, 1.165) is 24.0 Å². The summed E-state index contributed by atoms with van der Waals surface area (Å²) in [6, 6.07) is 19.8. The molecule has 1 aliphatic carbocycles. The third kappa shape index (κ3) is 7.51. The number of nitrogens with zero attached hydrogens (tertiary/aromatic N) is 2. The highest BCUT2D eigenvalue weighted by Gasteiger charge is 2.54. The lowest BCUT2D eigenvalue weighted by Crippen LogP contribution is -2.59. The average molecular weight is 662 g/mol. The SMILES string of the molecule is C[C@]1(CC(=O)O)C[C@H](c2cccc(Cl)c2)[C@@H](c2ccc(Cl)cc2)N([C@H](CN(CCc2cccc(F)c2)S(=O)O)C2CC2)C1=O. The van der Waals surface area contributed by atoms with Gasteiger partial charge in [0.2, 0.25) is 17.2 Å². The lowest BCUT2D eigenvalue weighted by Gasteiger charge is -2.52. The Bertz CT molecular complexity index is 1540. The van der Waals surface area contributed by atoms with Gasteiger partial charge in [0.25, 0.3) is 0 Å². The Balaban J connectivity index is 1.59. The Morgan fingerprint density at radius 2 is 1.77 bits per heavy atom. The third-order valence-electron chi connectivity index (χ3n) is 8.81. The van der Waals surface area contributed by atoms with Gasteiger partial charge in [-0.3, -0.25) is 14.1 Å². The number of carboxylic acid groups (broad SMARTS) is 1. The first-order valence-electron chi connectivity index (χ1n) is 14.6. The van der Waals surface area contributed by atoms with E-state index < -0.39 is 34.7 Å². The van der Waals surface area contributed by atoms with Gasteiger partial charge in [-0.2, -0.15) is 4.31 Å². The second-order valence-corrected chi connectivity index (χ2v) is 14.0. The Morgan fingerprint density at radius 1 is 1.07 bits per heavy atom. The molecule has 234 valence electrons. The second-order valence-electron chi connectivity index (χ2n) is 12.1. The minimum Gasteiger partial charge on any atom is -0.481 e. The molecule has 0 spiro atoms. The van der Waals surface area contributed by atoms with Crippen molar-refractivity contribution in [3.63, 3.8) is 0 Å². The molecule has 7 nitrogen and oxygen atoms in total. The summed E-state index contributed by atoms with van der Waals surface area (Å²) in [5, 5.41) is 11.0. The molecule has 0 bridgehead atoms. The van der Waals surface area contributed by atoms with Gasteiger partial charge in [0.1, 0.15) is 5.82 Å². The lowest BCUT2D eigenvalue weighted by atomic mass is 9.67. The molecule has 2 N–H and O–H groups in total. The van der Waals surface area contributed by atoms with Crippen LogP contribution in [0.2, 0.25) is 10.0 Å². The number of aliphatic carboxylic acids is 1. The fourth-order valence-corrected chi connectivity index (χ4v) is 7.43. The lowest BCUT2D eigenvalue weighted by molar-refractivity contribution is -0.161. The molecule has 0 aromatic heterocycles. The van der Waals surface area contributed by atoms with Crippen LogP contribution in [-0.2, 0) is 27.3 Å². The van der Waals surface area contributed by atoms with Crippen LogP contribution in [0.25, 0.3) is 0 Å². The maximum Gasteiger partial charge on any atom is 0.304 e. The van der Waals surface area contributed by atoms with Crippen molar-refractivity contribution in [2.24, 2.45) is 11.3 Å². The van der Waals surface area contributed by atoms with Crippen LogP contribution >= 0.6 is 23.2 Å². The number of likely N-dealkylation sites (tertiary alicyclic amines) is 1. The van der Waals surface area contributed by atoms with Gasteiger partial charge in [-0.1, -0.05) is 66.5 Å². The summed E-state index contributed by atoms with van der Waals surface area (Å²) in [6.07, 6.45) is 1.90. The van der Waals surface area contributed by atoms with Crippen LogP contribution in [0.15, 0.2) is 72.8 Å². The zero-order chi connectivity index (χ0) is 31.6. The van der Waals surface area contributed by atoms with Gasteiger partial charge in [0.05, 0.1) is 17.9 Å². The summed E-state index contributed by atoms with van der Waals surface area (Å²) in [6.45, 7) is 1.94. The molecule has 2 aliphatic rings. The summed E-state index contributed by atoms with van der Waals surface area (Å²) in [5.74, 6) is -2.03. The standard InChI is InChI=1S/C33H35Cl2FN2O5S/c1-33(19-30(39)40)18-28(24-5-3-6-26(35)17-24)31(23-10-12-25(34)13-11-23)38(32(33)41)29(22-8-9-22)20-37(44(42)43)15-14-21-4-2-7-27(36)16-21/h2-7,10-13,16-17,22,28-29,31H,8-9,14-15,18-20H2,1H3,(H,39,40)(H,42,43)/t28-,29-,31-,33-/m1/s1. The summed E-state index contributed by atoms with van der Waals surface area (Å²) in [7, 11) is 0. The fraction of sp³-hybridized carbons (Fsp3) is 0.394. The predicted octanol–water partition coefficient (Wildman–Crippen LogP) is 7.13. The van der Waals surface area contributed by atoms with Crippen molar-refractivity contribution in [1.29, 1.82) is 0 Å². The second kappa shape index (κ2) is 13.7. The van der Waals surface area contributed by atoms with Gasteiger partial charge >= 0.3 is 5.97 Å². The molecule has 1 unspecified atom stereocenters. The van der Waals surface area contributed by atoms with E-state index in [-0.39, 0.29) is 49.5 Å². The van der Waals surface area contributed by atoms with E-state index in [4.69, 9.17) is 23.2 Å². The summed E-state index contributed by atoms with van der Waals surface area (Å²) < 4.78 is 38.3. The van der Waals surface area contributed by atoms with E-state index in [0.29, 0.717) is 22.0 Å². The topological polar surface area (TPSA) is 98.2 Å². The van der Waals surface area contributed by atoms with E-state index in [1.807, 2.05) is 30.3 Å². The minimum atomic E-state index is -2.37. The molecule has 11 heteroatoms. The van der Waals surface area contributed by atoms with Crippen LogP contribution in [0.5, 0.6) is 0 Å². The van der Waals surface area contributed by atoms with E-state index in [1.54, 1.807) is 42.2 Å². The largest absolute Gasteiger partial charge is 0.481 e. The van der Waals surface area contributed by atoms with E-state index >= 15 is 0 Å². The number of rotatable bonds is 12. The molecular weight excluding hydrogens is 626 g/mol. The molecule has 1 heterocycles. The molecular formula is C33H35Cl2FN2O5S. The highest BCUT2D eigenvalue weighted by molar-refractivity contribution is 7.76. The van der Waals surface area contributed by atoms with Gasteiger partial charge < -0.3 is 10.0 Å².